The molecule has 9 nitrogen and oxygen atoms in total. The van der Waals surface area contributed by atoms with Crippen LogP contribution in [0.15, 0.2) is 109 Å². The molecule has 0 aromatic rings. The molecule has 0 radical (unpaired) electrons. The Bertz CT molecular complexity index is 1690. The fraction of sp³-hybridized carbons (Fsp3) is 0.718. The number of allylic oxidation sites excluding steroid dienone is 18. The molecule has 81 heavy (non-hydrogen) atoms. The summed E-state index contributed by atoms with van der Waals surface area (Å²) in [5.74, 6) is -0.825. The van der Waals surface area contributed by atoms with Crippen molar-refractivity contribution in [3.8, 4) is 0 Å². The van der Waals surface area contributed by atoms with Crippen LogP contribution in [0.3, 0.4) is 0 Å². The minimum atomic E-state index is -4.40. The van der Waals surface area contributed by atoms with E-state index < -0.39 is 26.5 Å². The van der Waals surface area contributed by atoms with E-state index in [4.69, 9.17) is 24.3 Å². The van der Waals surface area contributed by atoms with Gasteiger partial charge in [0.05, 0.1) is 13.2 Å². The van der Waals surface area contributed by atoms with E-state index >= 15 is 0 Å². The van der Waals surface area contributed by atoms with Gasteiger partial charge in [0.1, 0.15) is 6.61 Å². The number of carbonyl (C=O) groups is 2. The maximum Gasteiger partial charge on any atom is 0.472 e. The van der Waals surface area contributed by atoms with Gasteiger partial charge in [0.25, 0.3) is 0 Å². The molecule has 0 fully saturated rings. The van der Waals surface area contributed by atoms with Crippen molar-refractivity contribution >= 4 is 19.8 Å². The second-order valence-electron chi connectivity index (χ2n) is 21.9. The Kier molecular flexibility index (Phi) is 63.1. The molecule has 2 unspecified atom stereocenters. The van der Waals surface area contributed by atoms with Crippen molar-refractivity contribution in [2.24, 2.45) is 5.73 Å². The van der Waals surface area contributed by atoms with Crippen LogP contribution in [0, 0.1) is 0 Å². The van der Waals surface area contributed by atoms with Crippen LogP contribution in [0.4, 0.5) is 0 Å². The average molecular weight is 1150 g/mol. The van der Waals surface area contributed by atoms with E-state index in [-0.39, 0.29) is 38.6 Å². The highest BCUT2D eigenvalue weighted by atomic mass is 31.2. The highest BCUT2D eigenvalue weighted by molar-refractivity contribution is 7.47. The van der Waals surface area contributed by atoms with Gasteiger partial charge < -0.3 is 20.1 Å². The zero-order chi connectivity index (χ0) is 58.7. The Morgan fingerprint density at radius 2 is 0.642 bits per heavy atom. The largest absolute Gasteiger partial charge is 0.472 e. The lowest BCUT2D eigenvalue weighted by molar-refractivity contribution is -0.161. The van der Waals surface area contributed by atoms with Gasteiger partial charge in [-0.15, -0.1) is 0 Å². The summed E-state index contributed by atoms with van der Waals surface area (Å²) >= 11 is 0. The predicted molar refractivity (Wildman–Crippen MR) is 348 cm³/mol. The number of carbonyl (C=O) groups excluding carboxylic acids is 2. The first-order chi connectivity index (χ1) is 39.8. The number of hydrogen-bond donors (Lipinski definition) is 2. The monoisotopic (exact) mass is 1150 g/mol. The highest BCUT2D eigenvalue weighted by Crippen LogP contribution is 2.43. The SMILES string of the molecule is CC/C=C\C/C=C\C/C=C\C/C=C\C/C=C\CCCCCCCCCCCCCC(=O)OC(COC(=O)CCCCCCCCCCCCCCCCCCCCCC/C=C\C/C=C\C/C=C\C/C=C\CC)COP(=O)(O)OCCN. The molecule has 10 heteroatoms. The van der Waals surface area contributed by atoms with E-state index in [9.17, 15) is 19.0 Å². The van der Waals surface area contributed by atoms with Crippen molar-refractivity contribution in [1.29, 1.82) is 0 Å². The lowest BCUT2D eigenvalue weighted by Gasteiger charge is -2.19. The van der Waals surface area contributed by atoms with Gasteiger partial charge in [-0.3, -0.25) is 18.6 Å². The van der Waals surface area contributed by atoms with E-state index in [2.05, 4.69) is 123 Å². The van der Waals surface area contributed by atoms with Gasteiger partial charge in [-0.1, -0.05) is 297 Å². The maximum absolute atomic E-state index is 12.7. The quantitative estimate of drug-likeness (QED) is 0.0264. The summed E-state index contributed by atoms with van der Waals surface area (Å²) in [6, 6.07) is 0. The van der Waals surface area contributed by atoms with Gasteiger partial charge in [-0.25, -0.2) is 4.57 Å². The number of ether oxygens (including phenoxy) is 2. The van der Waals surface area contributed by atoms with Gasteiger partial charge in [-0.05, 0) is 96.3 Å². The van der Waals surface area contributed by atoms with Crippen molar-refractivity contribution in [2.75, 3.05) is 26.4 Å². The fourth-order valence-corrected chi connectivity index (χ4v) is 10.1. The molecule has 0 amide bonds. The standard InChI is InChI=1S/C71H124NO8P/c1-3-5-7-9-11-13-15-17-19-21-23-25-27-29-31-32-33-34-35-36-38-39-41-43-45-47-49-51-53-55-57-59-61-63-70(73)77-67-69(68-79-81(75,76)78-66-65-72)80-71(74)64-62-60-58-56-54-52-50-48-46-44-42-40-37-30-28-26-24-22-20-18-16-14-12-10-8-6-4-2/h5-8,11-14,17-20,23-26,30,37,69H,3-4,9-10,15-16,21-22,27-29,31-36,38-68,72H2,1-2H3,(H,75,76)/b7-5-,8-6-,13-11-,14-12-,19-17-,20-18-,25-23-,26-24-,37-30-. The predicted octanol–water partition coefficient (Wildman–Crippen LogP) is 21.7. The molecule has 0 aliphatic heterocycles. The third-order valence-electron chi connectivity index (χ3n) is 14.2. The van der Waals surface area contributed by atoms with E-state index in [0.717, 1.165) is 103 Å². The van der Waals surface area contributed by atoms with Crippen molar-refractivity contribution in [3.63, 3.8) is 0 Å². The molecule has 0 aliphatic carbocycles. The summed E-state index contributed by atoms with van der Waals surface area (Å²) < 4.78 is 33.2. The molecule has 0 aromatic heterocycles. The highest BCUT2D eigenvalue weighted by Gasteiger charge is 2.26. The Labute approximate surface area is 499 Å². The lowest BCUT2D eigenvalue weighted by atomic mass is 10.0. The minimum Gasteiger partial charge on any atom is -0.462 e. The number of phosphoric ester groups is 1. The van der Waals surface area contributed by atoms with Gasteiger partial charge in [0, 0.05) is 19.4 Å². The molecule has 466 valence electrons. The van der Waals surface area contributed by atoms with Crippen LogP contribution in [-0.2, 0) is 32.7 Å². The number of unbranched alkanes of at least 4 members (excludes halogenated alkanes) is 31. The first kappa shape index (κ1) is 77.7. The summed E-state index contributed by atoms with van der Waals surface area (Å²) in [4.78, 5) is 35.3. The molecule has 0 spiro atoms. The summed E-state index contributed by atoms with van der Waals surface area (Å²) in [7, 11) is -4.40. The van der Waals surface area contributed by atoms with Crippen LogP contribution in [0.1, 0.15) is 296 Å². The van der Waals surface area contributed by atoms with Gasteiger partial charge in [0.15, 0.2) is 6.10 Å². The second kappa shape index (κ2) is 65.8. The Balaban J connectivity index is 3.89. The Morgan fingerprint density at radius 1 is 0.370 bits per heavy atom. The smallest absolute Gasteiger partial charge is 0.462 e. The van der Waals surface area contributed by atoms with Gasteiger partial charge in [0.2, 0.25) is 0 Å². The van der Waals surface area contributed by atoms with Crippen LogP contribution >= 0.6 is 7.82 Å². The van der Waals surface area contributed by atoms with Crippen LogP contribution in [0.5, 0.6) is 0 Å². The normalized spacial score (nSPS) is 13.7. The average Bonchev–Trinajstić information content (AvgIpc) is 3.46. The van der Waals surface area contributed by atoms with Crippen LogP contribution in [-0.4, -0.2) is 49.3 Å². The first-order valence-electron chi connectivity index (χ1n) is 33.4. The fourth-order valence-electron chi connectivity index (χ4n) is 9.30. The van der Waals surface area contributed by atoms with E-state index in [1.54, 1.807) is 0 Å². The summed E-state index contributed by atoms with van der Waals surface area (Å²) in [6.45, 7) is 3.54. The molecular formula is C71H124NO8P. The van der Waals surface area contributed by atoms with Crippen molar-refractivity contribution in [1.82, 2.24) is 0 Å². The summed E-state index contributed by atoms with van der Waals surface area (Å²) in [5.41, 5.74) is 5.40. The number of hydrogen-bond acceptors (Lipinski definition) is 8. The lowest BCUT2D eigenvalue weighted by Crippen LogP contribution is -2.29. The topological polar surface area (TPSA) is 134 Å². The molecule has 0 aromatic carbocycles. The van der Waals surface area contributed by atoms with E-state index in [0.29, 0.717) is 6.42 Å². The number of phosphoric acid groups is 1. The van der Waals surface area contributed by atoms with Gasteiger partial charge in [-0.2, -0.15) is 0 Å². The van der Waals surface area contributed by atoms with Crippen LogP contribution in [0.25, 0.3) is 0 Å². The van der Waals surface area contributed by atoms with Gasteiger partial charge >= 0.3 is 19.8 Å². The molecule has 2 atom stereocenters. The summed E-state index contributed by atoms with van der Waals surface area (Å²) in [5, 5.41) is 0. The zero-order valence-electron chi connectivity index (χ0n) is 52.2. The molecule has 0 aliphatic rings. The Hall–Kier alpha value is -3.33. The molecule has 0 saturated heterocycles. The minimum absolute atomic E-state index is 0.0499. The van der Waals surface area contributed by atoms with Crippen LogP contribution < -0.4 is 5.73 Å². The first-order valence-corrected chi connectivity index (χ1v) is 34.9. The molecule has 0 bridgehead atoms. The van der Waals surface area contributed by atoms with Crippen LogP contribution in [0.2, 0.25) is 0 Å². The van der Waals surface area contributed by atoms with Crippen molar-refractivity contribution < 1.29 is 37.6 Å². The molecule has 0 saturated carbocycles. The molecule has 0 heterocycles. The summed E-state index contributed by atoms with van der Waals surface area (Å²) in [6.07, 6.45) is 90.3. The molecule has 0 rings (SSSR count). The van der Waals surface area contributed by atoms with Crippen molar-refractivity contribution in [3.05, 3.63) is 109 Å². The molecular weight excluding hydrogens is 1030 g/mol. The second-order valence-corrected chi connectivity index (χ2v) is 23.4. The number of rotatable bonds is 62. The maximum atomic E-state index is 12.7. The molecule has 3 N–H and O–H groups in total. The zero-order valence-corrected chi connectivity index (χ0v) is 53.1. The third-order valence-corrected chi connectivity index (χ3v) is 15.1. The van der Waals surface area contributed by atoms with Crippen molar-refractivity contribution in [2.45, 2.75) is 302 Å². The number of esters is 2. The Morgan fingerprint density at radius 3 is 0.951 bits per heavy atom. The third kappa shape index (κ3) is 65.7. The van der Waals surface area contributed by atoms with E-state index in [1.165, 1.54) is 161 Å². The van der Waals surface area contributed by atoms with E-state index in [1.807, 2.05) is 0 Å². The number of nitrogens with two attached hydrogens (primary N) is 1.